The fourth-order valence-electron chi connectivity index (χ4n) is 9.25. The highest BCUT2D eigenvalue weighted by atomic mass is 32.1. The molecular weight excluding hydrogens is 715 g/mol. The maximum absolute atomic E-state index is 6.97. The summed E-state index contributed by atoms with van der Waals surface area (Å²) in [5.74, 6) is 0.683. The molecule has 0 bridgehead atoms. The first-order chi connectivity index (χ1) is 28.3. The summed E-state index contributed by atoms with van der Waals surface area (Å²) in [6.07, 6.45) is 0. The van der Waals surface area contributed by atoms with Crippen molar-refractivity contribution < 1.29 is 4.42 Å². The molecule has 264 valence electrons. The number of hydrogen-bond acceptors (Lipinski definition) is 4. The number of aromatic nitrogens is 3. The van der Waals surface area contributed by atoms with Crippen molar-refractivity contribution in [2.45, 2.75) is 0 Å². The largest absolute Gasteiger partial charge is 0.454 e. The Morgan fingerprint density at radius 3 is 1.88 bits per heavy atom. The van der Waals surface area contributed by atoms with Crippen molar-refractivity contribution in [3.63, 3.8) is 0 Å². The molecule has 0 aliphatic rings. The Morgan fingerprint density at radius 1 is 0.474 bits per heavy atom. The first kappa shape index (κ1) is 30.9. The van der Waals surface area contributed by atoms with E-state index in [1.54, 1.807) is 11.3 Å². The Labute approximate surface area is 329 Å². The molecule has 9 aromatic carbocycles. The van der Waals surface area contributed by atoms with Crippen molar-refractivity contribution in [3.05, 3.63) is 176 Å². The van der Waals surface area contributed by atoms with Crippen molar-refractivity contribution in [1.82, 2.24) is 14.5 Å². The Kier molecular flexibility index (Phi) is 6.29. The van der Waals surface area contributed by atoms with Gasteiger partial charge in [0.1, 0.15) is 5.58 Å². The summed E-state index contributed by atoms with van der Waals surface area (Å²) >= 11 is 1.76. The van der Waals surface area contributed by atoms with E-state index in [9.17, 15) is 0 Å². The molecule has 0 saturated heterocycles. The van der Waals surface area contributed by atoms with Gasteiger partial charge < -0.3 is 8.98 Å². The second-order valence-electron chi connectivity index (χ2n) is 14.9. The molecule has 57 heavy (non-hydrogen) atoms. The zero-order valence-electron chi connectivity index (χ0n) is 30.4. The number of para-hydroxylation sites is 1. The topological polar surface area (TPSA) is 43.9 Å². The summed E-state index contributed by atoms with van der Waals surface area (Å²) in [5, 5.41) is 13.0. The lowest BCUT2D eigenvalue weighted by Gasteiger charge is -2.10. The normalized spacial score (nSPS) is 12.2. The van der Waals surface area contributed by atoms with Crippen LogP contribution < -0.4 is 0 Å². The molecule has 13 rings (SSSR count). The molecule has 13 aromatic rings. The molecule has 0 atom stereocenters. The van der Waals surface area contributed by atoms with Gasteiger partial charge >= 0.3 is 0 Å². The number of furan rings is 1. The fourth-order valence-corrected chi connectivity index (χ4v) is 10.4. The number of rotatable bonds is 3. The van der Waals surface area contributed by atoms with Crippen LogP contribution in [0.2, 0.25) is 0 Å². The lowest BCUT2D eigenvalue weighted by Crippen LogP contribution is -1.95. The third-order valence-electron chi connectivity index (χ3n) is 11.8. The molecule has 0 N–H and O–H groups in total. The molecule has 0 aliphatic carbocycles. The van der Waals surface area contributed by atoms with Crippen molar-refractivity contribution in [2.75, 3.05) is 0 Å². The summed E-state index contributed by atoms with van der Waals surface area (Å²) in [6.45, 7) is 0. The van der Waals surface area contributed by atoms with E-state index in [1.807, 2.05) is 0 Å². The highest BCUT2D eigenvalue weighted by molar-refractivity contribution is 7.26. The number of thiophene rings is 1. The first-order valence-electron chi connectivity index (χ1n) is 19.2. The van der Waals surface area contributed by atoms with Crippen LogP contribution in [-0.4, -0.2) is 14.5 Å². The average molecular weight is 744 g/mol. The van der Waals surface area contributed by atoms with E-state index in [2.05, 4.69) is 180 Å². The van der Waals surface area contributed by atoms with Gasteiger partial charge in [0.2, 0.25) is 0 Å². The summed E-state index contributed by atoms with van der Waals surface area (Å²) in [4.78, 5) is 10.8. The highest BCUT2D eigenvalue weighted by Gasteiger charge is 2.23. The van der Waals surface area contributed by atoms with Gasteiger partial charge in [0, 0.05) is 42.8 Å². The van der Waals surface area contributed by atoms with Crippen molar-refractivity contribution in [2.24, 2.45) is 0 Å². The van der Waals surface area contributed by atoms with Gasteiger partial charge in [-0.05, 0) is 68.7 Å². The molecule has 0 radical (unpaired) electrons. The number of hydrogen-bond donors (Lipinski definition) is 0. The predicted molar refractivity (Wildman–Crippen MR) is 240 cm³/mol. The first-order valence-corrected chi connectivity index (χ1v) is 20.1. The third kappa shape index (κ3) is 4.37. The van der Waals surface area contributed by atoms with Crippen LogP contribution >= 0.6 is 11.3 Å². The molecule has 0 saturated carbocycles. The van der Waals surface area contributed by atoms with Crippen LogP contribution in [0.4, 0.5) is 0 Å². The third-order valence-corrected chi connectivity index (χ3v) is 12.9. The molecular formula is C52H29N3OS. The second-order valence-corrected chi connectivity index (χ2v) is 15.9. The maximum Gasteiger partial charge on any atom is 0.161 e. The summed E-state index contributed by atoms with van der Waals surface area (Å²) in [7, 11) is 0. The Bertz CT molecular complexity index is 3740. The van der Waals surface area contributed by atoms with E-state index in [-0.39, 0.29) is 0 Å². The van der Waals surface area contributed by atoms with Crippen molar-refractivity contribution in [3.8, 4) is 28.3 Å². The zero-order chi connectivity index (χ0) is 37.2. The number of benzene rings is 9. The minimum absolute atomic E-state index is 0.683. The van der Waals surface area contributed by atoms with E-state index in [4.69, 9.17) is 14.4 Å². The van der Waals surface area contributed by atoms with Gasteiger partial charge in [-0.1, -0.05) is 140 Å². The van der Waals surface area contributed by atoms with E-state index in [0.29, 0.717) is 5.82 Å². The molecule has 4 heterocycles. The van der Waals surface area contributed by atoms with Crippen LogP contribution in [-0.2, 0) is 0 Å². The van der Waals surface area contributed by atoms with Crippen molar-refractivity contribution >= 4 is 108 Å². The Morgan fingerprint density at radius 2 is 1.11 bits per heavy atom. The molecule has 0 fully saturated rings. The Hall–Kier alpha value is -7.34. The minimum atomic E-state index is 0.683. The van der Waals surface area contributed by atoms with E-state index in [0.717, 1.165) is 71.1 Å². The molecule has 0 aliphatic heterocycles. The number of nitrogens with zero attached hydrogens (tertiary/aromatic N) is 3. The van der Waals surface area contributed by atoms with Crippen molar-refractivity contribution in [1.29, 1.82) is 0 Å². The minimum Gasteiger partial charge on any atom is -0.454 e. The summed E-state index contributed by atoms with van der Waals surface area (Å²) in [6, 6.07) is 62.9. The number of fused-ring (bicyclic) bond motifs is 14. The van der Waals surface area contributed by atoms with Gasteiger partial charge in [-0.3, -0.25) is 0 Å². The van der Waals surface area contributed by atoms with E-state index >= 15 is 0 Å². The molecule has 4 aromatic heterocycles. The van der Waals surface area contributed by atoms with Crippen LogP contribution in [0.5, 0.6) is 0 Å². The van der Waals surface area contributed by atoms with Gasteiger partial charge in [-0.15, -0.1) is 11.3 Å². The molecule has 0 amide bonds. The molecule has 5 heteroatoms. The average Bonchev–Trinajstić information content (AvgIpc) is 3.96. The van der Waals surface area contributed by atoms with Gasteiger partial charge in [-0.2, -0.15) is 0 Å². The van der Waals surface area contributed by atoms with Crippen LogP contribution in [0.25, 0.3) is 125 Å². The van der Waals surface area contributed by atoms with Gasteiger partial charge in [-0.25, -0.2) is 9.97 Å². The predicted octanol–water partition coefficient (Wildman–Crippen LogP) is 14.6. The lowest BCUT2D eigenvalue weighted by molar-refractivity contribution is 0.666. The van der Waals surface area contributed by atoms with E-state index in [1.165, 1.54) is 47.8 Å². The molecule has 0 spiro atoms. The van der Waals surface area contributed by atoms with Gasteiger partial charge in [0.05, 0.1) is 32.6 Å². The maximum atomic E-state index is 6.97. The second kappa shape index (κ2) is 11.6. The zero-order valence-corrected chi connectivity index (χ0v) is 31.2. The SMILES string of the molecule is c1ccc2cc(-c3nc(-c4cccc5oc6c(-n7c8ccc9ccccc9c8c8c9ccccc9ccc87)cccc6c45)nc4c3sc3ccccc34)ccc2c1. The molecule has 0 unspecified atom stereocenters. The molecule has 4 nitrogen and oxygen atoms in total. The monoisotopic (exact) mass is 743 g/mol. The summed E-state index contributed by atoms with van der Waals surface area (Å²) in [5.41, 5.74) is 8.86. The van der Waals surface area contributed by atoms with Crippen LogP contribution in [0.3, 0.4) is 0 Å². The quantitative estimate of drug-likeness (QED) is 0.181. The smallest absolute Gasteiger partial charge is 0.161 e. The Balaban J connectivity index is 1.10. The van der Waals surface area contributed by atoms with Crippen LogP contribution in [0.1, 0.15) is 0 Å². The standard InChI is InChI=1S/C52H29N3OS/c1-2-14-33-29-34(24-23-30(33)11-1)48-51-49(37-17-7-8-22-44(37)57-51)54-52(53-48)39-19-10-21-43-45(39)38-18-9-20-42(50(38)56-43)55-40-27-25-31-12-3-5-15-35(31)46(40)47-36-16-6-4-13-32(36)26-28-41(47)55/h1-29H. The fraction of sp³-hybridized carbons (Fsp3) is 0. The van der Waals surface area contributed by atoms with E-state index < -0.39 is 0 Å². The lowest BCUT2D eigenvalue weighted by atomic mass is 10.00. The summed E-state index contributed by atoms with van der Waals surface area (Å²) < 4.78 is 11.7. The van der Waals surface area contributed by atoms with Gasteiger partial charge in [0.25, 0.3) is 0 Å². The van der Waals surface area contributed by atoms with Gasteiger partial charge in [0.15, 0.2) is 11.4 Å². The van der Waals surface area contributed by atoms with Crippen LogP contribution in [0, 0.1) is 0 Å². The van der Waals surface area contributed by atoms with Crippen LogP contribution in [0.15, 0.2) is 180 Å². The highest BCUT2D eigenvalue weighted by Crippen LogP contribution is 2.45.